The van der Waals surface area contributed by atoms with Gasteiger partial charge in [-0.15, -0.1) is 0 Å². The van der Waals surface area contributed by atoms with Crippen molar-refractivity contribution in [3.05, 3.63) is 83.4 Å². The summed E-state index contributed by atoms with van der Waals surface area (Å²) in [4.78, 5) is 0. The van der Waals surface area contributed by atoms with Gasteiger partial charge in [0.1, 0.15) is 0 Å². The van der Waals surface area contributed by atoms with E-state index in [-0.39, 0.29) is 0 Å². The molecule has 23 heavy (non-hydrogen) atoms. The second kappa shape index (κ2) is 9.29. The smallest absolute Gasteiger partial charge is 0.0827 e. The first-order chi connectivity index (χ1) is 11.1. The van der Waals surface area contributed by atoms with Crippen molar-refractivity contribution in [2.45, 2.75) is 33.0 Å². The third kappa shape index (κ3) is 6.39. The molecule has 0 saturated carbocycles. The van der Waals surface area contributed by atoms with Gasteiger partial charge in [-0.1, -0.05) is 79.2 Å². The predicted molar refractivity (Wildman–Crippen MR) is 95.0 cm³/mol. The van der Waals surface area contributed by atoms with Gasteiger partial charge in [-0.05, 0) is 30.4 Å². The Labute approximate surface area is 139 Å². The van der Waals surface area contributed by atoms with Gasteiger partial charge < -0.3 is 9.84 Å². The average Bonchev–Trinajstić information content (AvgIpc) is 2.56. The highest BCUT2D eigenvalue weighted by Gasteiger charge is 2.08. The highest BCUT2D eigenvalue weighted by Crippen LogP contribution is 2.21. The fraction of sp³-hybridized carbons (Fsp3) is 0.333. The lowest BCUT2D eigenvalue weighted by atomic mass is 10.00. The van der Waals surface area contributed by atoms with Crippen LogP contribution >= 0.6 is 0 Å². The first-order valence-corrected chi connectivity index (χ1v) is 8.17. The molecule has 0 fully saturated rings. The number of ether oxygens (including phenoxy) is 1. The molecule has 0 heterocycles. The molecule has 0 bridgehead atoms. The van der Waals surface area contributed by atoms with Gasteiger partial charge in [-0.25, -0.2) is 0 Å². The zero-order chi connectivity index (χ0) is 16.5. The van der Waals surface area contributed by atoms with E-state index in [0.29, 0.717) is 25.6 Å². The molecule has 2 atom stereocenters. The molecule has 0 saturated heterocycles. The van der Waals surface area contributed by atoms with Crippen LogP contribution in [0.25, 0.3) is 0 Å². The van der Waals surface area contributed by atoms with E-state index in [0.717, 1.165) is 5.56 Å². The minimum absolute atomic E-state index is 0.335. The van der Waals surface area contributed by atoms with Gasteiger partial charge in [0.15, 0.2) is 0 Å². The van der Waals surface area contributed by atoms with Crippen molar-refractivity contribution < 1.29 is 9.84 Å². The molecular weight excluding hydrogens is 284 g/mol. The van der Waals surface area contributed by atoms with Crippen LogP contribution in [0.2, 0.25) is 0 Å². The summed E-state index contributed by atoms with van der Waals surface area (Å²) in [6, 6.07) is 20.0. The van der Waals surface area contributed by atoms with Crippen molar-refractivity contribution in [1.82, 2.24) is 0 Å². The Kier molecular flexibility index (Phi) is 7.05. The van der Waals surface area contributed by atoms with Crippen LogP contribution in [0.15, 0.2) is 72.3 Å². The van der Waals surface area contributed by atoms with Gasteiger partial charge in [0.25, 0.3) is 0 Å². The molecule has 2 nitrogen and oxygen atoms in total. The molecule has 1 N–H and O–H groups in total. The normalized spacial score (nSPS) is 14.5. The quantitative estimate of drug-likeness (QED) is 0.702. The second-order valence-electron chi connectivity index (χ2n) is 6.12. The van der Waals surface area contributed by atoms with Crippen LogP contribution in [0.1, 0.15) is 37.5 Å². The van der Waals surface area contributed by atoms with Crippen molar-refractivity contribution >= 4 is 0 Å². The van der Waals surface area contributed by atoms with E-state index in [1.807, 2.05) is 48.5 Å². The van der Waals surface area contributed by atoms with Crippen molar-refractivity contribution in [2.24, 2.45) is 5.92 Å². The molecule has 2 aromatic rings. The molecular formula is C21H26O2. The van der Waals surface area contributed by atoms with E-state index in [4.69, 9.17) is 4.74 Å². The lowest BCUT2D eigenvalue weighted by Gasteiger charge is -2.13. The molecule has 2 rings (SSSR count). The Hall–Kier alpha value is -1.90. The summed E-state index contributed by atoms with van der Waals surface area (Å²) in [7, 11) is 0. The zero-order valence-corrected chi connectivity index (χ0v) is 14.0. The summed E-state index contributed by atoms with van der Waals surface area (Å²) >= 11 is 0. The highest BCUT2D eigenvalue weighted by atomic mass is 16.5. The maximum atomic E-state index is 10.3. The highest BCUT2D eigenvalue weighted by molar-refractivity contribution is 5.19. The lowest BCUT2D eigenvalue weighted by Crippen LogP contribution is -2.05. The summed E-state index contributed by atoms with van der Waals surface area (Å²) < 4.78 is 5.76. The third-order valence-electron chi connectivity index (χ3n) is 3.76. The molecule has 122 valence electrons. The van der Waals surface area contributed by atoms with Crippen LogP contribution in [0, 0.1) is 5.92 Å². The summed E-state index contributed by atoms with van der Waals surface area (Å²) in [5, 5.41) is 10.3. The summed E-state index contributed by atoms with van der Waals surface area (Å²) in [5.41, 5.74) is 3.35. The summed E-state index contributed by atoms with van der Waals surface area (Å²) in [6.45, 7) is 5.54. The fourth-order valence-electron chi connectivity index (χ4n) is 2.64. The van der Waals surface area contributed by atoms with Crippen LogP contribution in [-0.4, -0.2) is 11.7 Å². The molecule has 0 aliphatic heterocycles. The Morgan fingerprint density at radius 3 is 2.30 bits per heavy atom. The van der Waals surface area contributed by atoms with Crippen LogP contribution in [-0.2, 0) is 11.3 Å². The topological polar surface area (TPSA) is 29.5 Å². The molecule has 2 aromatic carbocycles. The summed E-state index contributed by atoms with van der Waals surface area (Å²) in [6.07, 6.45) is 2.41. The number of hydrogen-bond acceptors (Lipinski definition) is 2. The predicted octanol–water partition coefficient (Wildman–Crippen LogP) is 4.91. The average molecular weight is 310 g/mol. The minimum atomic E-state index is -0.440. The number of benzene rings is 2. The van der Waals surface area contributed by atoms with Crippen molar-refractivity contribution in [3.63, 3.8) is 0 Å². The number of rotatable bonds is 8. The molecule has 0 amide bonds. The maximum Gasteiger partial charge on any atom is 0.0827 e. The van der Waals surface area contributed by atoms with Gasteiger partial charge in [-0.2, -0.15) is 0 Å². The van der Waals surface area contributed by atoms with E-state index >= 15 is 0 Å². The first-order valence-electron chi connectivity index (χ1n) is 8.17. The van der Waals surface area contributed by atoms with Crippen LogP contribution in [0.3, 0.4) is 0 Å². The SMILES string of the molecule is C/C(=C/[C@@H](C)COCc1ccccc1)C[C@H](O)c1ccccc1. The van der Waals surface area contributed by atoms with E-state index in [1.165, 1.54) is 11.1 Å². The minimum Gasteiger partial charge on any atom is -0.388 e. The summed E-state index contributed by atoms with van der Waals surface area (Å²) in [5.74, 6) is 0.335. The molecule has 0 aromatic heterocycles. The monoisotopic (exact) mass is 310 g/mol. The number of hydrogen-bond donors (Lipinski definition) is 1. The third-order valence-corrected chi connectivity index (χ3v) is 3.76. The van der Waals surface area contributed by atoms with Gasteiger partial charge in [0.05, 0.1) is 19.3 Å². The number of aliphatic hydroxyl groups is 1. The second-order valence-corrected chi connectivity index (χ2v) is 6.12. The van der Waals surface area contributed by atoms with Crippen LogP contribution in [0.5, 0.6) is 0 Å². The maximum absolute atomic E-state index is 10.3. The largest absolute Gasteiger partial charge is 0.388 e. The molecule has 0 unspecified atom stereocenters. The molecule has 0 aliphatic carbocycles. The molecule has 0 spiro atoms. The Morgan fingerprint density at radius 1 is 1.04 bits per heavy atom. The number of aliphatic hydroxyl groups excluding tert-OH is 1. The standard InChI is InChI=1S/C21H26O2/c1-17(14-21(22)20-11-7-4-8-12-20)13-18(2)15-23-16-19-9-5-3-6-10-19/h3-13,18,21-22H,14-16H2,1-2H3/b17-13-/t18-,21+/m1/s1. The van der Waals surface area contributed by atoms with Crippen LogP contribution in [0.4, 0.5) is 0 Å². The Bertz CT molecular complexity index is 590. The van der Waals surface area contributed by atoms with E-state index in [9.17, 15) is 5.11 Å². The van der Waals surface area contributed by atoms with Crippen molar-refractivity contribution in [3.8, 4) is 0 Å². The fourth-order valence-corrected chi connectivity index (χ4v) is 2.64. The van der Waals surface area contributed by atoms with E-state index in [1.54, 1.807) is 0 Å². The first kappa shape index (κ1) is 17.5. The van der Waals surface area contributed by atoms with Gasteiger partial charge >= 0.3 is 0 Å². The van der Waals surface area contributed by atoms with Crippen molar-refractivity contribution in [2.75, 3.05) is 6.61 Å². The van der Waals surface area contributed by atoms with Gasteiger partial charge in [0.2, 0.25) is 0 Å². The lowest BCUT2D eigenvalue weighted by molar-refractivity contribution is 0.103. The zero-order valence-electron chi connectivity index (χ0n) is 14.0. The van der Waals surface area contributed by atoms with Crippen LogP contribution < -0.4 is 0 Å². The molecule has 0 aliphatic rings. The molecule has 0 radical (unpaired) electrons. The molecule has 2 heteroatoms. The Balaban J connectivity index is 1.76. The Morgan fingerprint density at radius 2 is 1.65 bits per heavy atom. The van der Waals surface area contributed by atoms with Gasteiger partial charge in [0, 0.05) is 0 Å². The van der Waals surface area contributed by atoms with E-state index in [2.05, 4.69) is 32.1 Å². The van der Waals surface area contributed by atoms with Gasteiger partial charge in [-0.3, -0.25) is 0 Å². The van der Waals surface area contributed by atoms with Crippen molar-refractivity contribution in [1.29, 1.82) is 0 Å². The van der Waals surface area contributed by atoms with E-state index < -0.39 is 6.10 Å².